The van der Waals surface area contributed by atoms with E-state index in [4.69, 9.17) is 4.74 Å². The summed E-state index contributed by atoms with van der Waals surface area (Å²) >= 11 is 1.69. The Bertz CT molecular complexity index is 541. The minimum Gasteiger partial charge on any atom is -0.377 e. The Morgan fingerprint density at radius 3 is 3.10 bits per heavy atom. The zero-order chi connectivity index (χ0) is 13.9. The van der Waals surface area contributed by atoms with Gasteiger partial charge in [0.05, 0.1) is 11.0 Å². The molecule has 2 aliphatic carbocycles. The number of hydrogen-bond donors (Lipinski definition) is 1. The third-order valence-electron chi connectivity index (χ3n) is 5.36. The molecule has 2 fully saturated rings. The molecule has 1 amide bonds. The van der Waals surface area contributed by atoms with Gasteiger partial charge in [-0.3, -0.25) is 4.79 Å². The molecule has 4 heteroatoms. The smallest absolute Gasteiger partial charge is 0.261 e. The van der Waals surface area contributed by atoms with E-state index in [1.807, 2.05) is 0 Å². The van der Waals surface area contributed by atoms with Gasteiger partial charge < -0.3 is 10.1 Å². The van der Waals surface area contributed by atoms with Crippen LogP contribution in [0.15, 0.2) is 6.07 Å². The first-order valence-electron chi connectivity index (χ1n) is 7.61. The minimum absolute atomic E-state index is 0.0663. The number of ether oxygens (including phenoxy) is 1. The van der Waals surface area contributed by atoms with Crippen LogP contribution in [0.1, 0.15) is 46.8 Å². The highest BCUT2D eigenvalue weighted by molar-refractivity contribution is 7.14. The third kappa shape index (κ3) is 1.70. The zero-order valence-electron chi connectivity index (χ0n) is 12.1. The maximum absolute atomic E-state index is 12.5. The van der Waals surface area contributed by atoms with Crippen LogP contribution in [0.2, 0.25) is 0 Å². The molecule has 3 atom stereocenters. The van der Waals surface area contributed by atoms with Crippen molar-refractivity contribution >= 4 is 17.2 Å². The van der Waals surface area contributed by atoms with Gasteiger partial charge in [0.25, 0.3) is 5.91 Å². The van der Waals surface area contributed by atoms with Gasteiger partial charge in [0.1, 0.15) is 0 Å². The first-order valence-corrected chi connectivity index (χ1v) is 8.43. The Morgan fingerprint density at radius 1 is 1.45 bits per heavy atom. The molecule has 0 spiro atoms. The number of carbonyl (C=O) groups excluding carboxylic acids is 1. The second-order valence-electron chi connectivity index (χ2n) is 6.93. The summed E-state index contributed by atoms with van der Waals surface area (Å²) in [5.74, 6) is 0.633. The summed E-state index contributed by atoms with van der Waals surface area (Å²) in [7, 11) is 0. The number of aryl methyl sites for hydroxylation is 2. The summed E-state index contributed by atoms with van der Waals surface area (Å²) < 4.78 is 5.79. The van der Waals surface area contributed by atoms with Gasteiger partial charge >= 0.3 is 0 Å². The summed E-state index contributed by atoms with van der Waals surface area (Å²) in [5, 5.41) is 3.27. The molecule has 1 saturated heterocycles. The highest BCUT2D eigenvalue weighted by Crippen LogP contribution is 2.52. The SMILES string of the molecule is CC1(C)C(NC(=O)c2cc3c(s2)CCC3)C2CCOC21. The van der Waals surface area contributed by atoms with E-state index in [1.165, 1.54) is 16.9 Å². The lowest BCUT2D eigenvalue weighted by molar-refractivity contribution is -0.108. The summed E-state index contributed by atoms with van der Waals surface area (Å²) in [6.07, 6.45) is 4.97. The third-order valence-corrected chi connectivity index (χ3v) is 6.59. The summed E-state index contributed by atoms with van der Waals surface area (Å²) in [5.41, 5.74) is 1.46. The van der Waals surface area contributed by atoms with Gasteiger partial charge in [-0.05, 0) is 37.3 Å². The van der Waals surface area contributed by atoms with E-state index in [9.17, 15) is 4.79 Å². The second kappa shape index (κ2) is 4.31. The monoisotopic (exact) mass is 291 g/mol. The molecule has 1 N–H and O–H groups in total. The van der Waals surface area contributed by atoms with Crippen LogP contribution in [-0.2, 0) is 17.6 Å². The topological polar surface area (TPSA) is 38.3 Å². The first kappa shape index (κ1) is 12.8. The molecule has 0 bridgehead atoms. The van der Waals surface area contributed by atoms with Crippen LogP contribution >= 0.6 is 11.3 Å². The lowest BCUT2D eigenvalue weighted by atomic mass is 9.57. The predicted molar refractivity (Wildman–Crippen MR) is 79.2 cm³/mol. The molecule has 1 saturated carbocycles. The maximum Gasteiger partial charge on any atom is 0.261 e. The lowest BCUT2D eigenvalue weighted by Crippen LogP contribution is -2.66. The summed E-state index contributed by atoms with van der Waals surface area (Å²) in [6.45, 7) is 5.26. The second-order valence-corrected chi connectivity index (χ2v) is 8.07. The largest absolute Gasteiger partial charge is 0.377 e. The zero-order valence-corrected chi connectivity index (χ0v) is 12.9. The van der Waals surface area contributed by atoms with Crippen molar-refractivity contribution in [3.8, 4) is 0 Å². The van der Waals surface area contributed by atoms with E-state index in [-0.39, 0.29) is 17.4 Å². The van der Waals surface area contributed by atoms with Crippen molar-refractivity contribution in [3.05, 3.63) is 21.4 Å². The van der Waals surface area contributed by atoms with Gasteiger partial charge in [-0.1, -0.05) is 13.8 Å². The van der Waals surface area contributed by atoms with Gasteiger partial charge in [0, 0.05) is 28.9 Å². The van der Waals surface area contributed by atoms with Crippen molar-refractivity contribution in [2.75, 3.05) is 6.61 Å². The van der Waals surface area contributed by atoms with E-state index < -0.39 is 0 Å². The Labute approximate surface area is 123 Å². The van der Waals surface area contributed by atoms with Crippen molar-refractivity contribution < 1.29 is 9.53 Å². The van der Waals surface area contributed by atoms with Crippen LogP contribution in [-0.4, -0.2) is 24.7 Å². The quantitative estimate of drug-likeness (QED) is 0.910. The number of fused-ring (bicyclic) bond motifs is 2. The molecule has 3 nitrogen and oxygen atoms in total. The highest BCUT2D eigenvalue weighted by atomic mass is 32.1. The number of thiophene rings is 1. The molecular formula is C16H21NO2S. The maximum atomic E-state index is 12.5. The minimum atomic E-state index is 0.0663. The van der Waals surface area contributed by atoms with Crippen molar-refractivity contribution in [3.63, 3.8) is 0 Å². The number of amides is 1. The Hall–Kier alpha value is -0.870. The van der Waals surface area contributed by atoms with E-state index in [2.05, 4.69) is 25.2 Å². The van der Waals surface area contributed by atoms with Crippen molar-refractivity contribution in [1.82, 2.24) is 5.32 Å². The molecule has 1 aromatic rings. The van der Waals surface area contributed by atoms with Crippen LogP contribution in [0, 0.1) is 11.3 Å². The van der Waals surface area contributed by atoms with Crippen LogP contribution < -0.4 is 5.32 Å². The lowest BCUT2D eigenvalue weighted by Gasteiger charge is -2.54. The number of hydrogen-bond acceptors (Lipinski definition) is 3. The first-order chi connectivity index (χ1) is 9.57. The molecule has 20 heavy (non-hydrogen) atoms. The summed E-state index contributed by atoms with van der Waals surface area (Å²) in [6, 6.07) is 2.37. The number of rotatable bonds is 2. The average molecular weight is 291 g/mol. The van der Waals surface area contributed by atoms with E-state index in [0.29, 0.717) is 12.0 Å². The molecule has 3 unspecified atom stereocenters. The van der Waals surface area contributed by atoms with E-state index >= 15 is 0 Å². The van der Waals surface area contributed by atoms with Crippen LogP contribution in [0.5, 0.6) is 0 Å². The fraction of sp³-hybridized carbons (Fsp3) is 0.688. The fourth-order valence-corrected chi connectivity index (χ4v) is 5.43. The van der Waals surface area contributed by atoms with Crippen molar-refractivity contribution in [1.29, 1.82) is 0 Å². The molecule has 2 heterocycles. The van der Waals surface area contributed by atoms with E-state index in [0.717, 1.165) is 30.7 Å². The molecule has 3 aliphatic rings. The van der Waals surface area contributed by atoms with Crippen LogP contribution in [0.4, 0.5) is 0 Å². The van der Waals surface area contributed by atoms with Gasteiger partial charge in [0.15, 0.2) is 0 Å². The Morgan fingerprint density at radius 2 is 2.30 bits per heavy atom. The normalized spacial score (nSPS) is 33.4. The van der Waals surface area contributed by atoms with Crippen LogP contribution in [0.25, 0.3) is 0 Å². The fourth-order valence-electron chi connectivity index (χ4n) is 4.27. The van der Waals surface area contributed by atoms with Gasteiger partial charge in [-0.25, -0.2) is 0 Å². The van der Waals surface area contributed by atoms with Crippen LogP contribution in [0.3, 0.4) is 0 Å². The van der Waals surface area contributed by atoms with Gasteiger partial charge in [-0.15, -0.1) is 11.3 Å². The summed E-state index contributed by atoms with van der Waals surface area (Å²) in [4.78, 5) is 14.8. The van der Waals surface area contributed by atoms with Crippen molar-refractivity contribution in [2.24, 2.45) is 11.3 Å². The average Bonchev–Trinajstić information content (AvgIpc) is 3.09. The molecule has 1 aromatic heterocycles. The Kier molecular flexibility index (Phi) is 2.77. The predicted octanol–water partition coefficient (Wildman–Crippen LogP) is 2.78. The molecular weight excluding hydrogens is 270 g/mol. The molecule has 0 aromatic carbocycles. The van der Waals surface area contributed by atoms with Gasteiger partial charge in [-0.2, -0.15) is 0 Å². The van der Waals surface area contributed by atoms with Gasteiger partial charge in [0.2, 0.25) is 0 Å². The number of carbonyl (C=O) groups is 1. The Balaban J connectivity index is 1.50. The molecule has 4 rings (SSSR count). The highest BCUT2D eigenvalue weighted by Gasteiger charge is 2.59. The molecule has 108 valence electrons. The molecule has 1 aliphatic heterocycles. The van der Waals surface area contributed by atoms with E-state index in [1.54, 1.807) is 11.3 Å². The molecule has 0 radical (unpaired) electrons. The number of nitrogens with one attached hydrogen (secondary N) is 1. The van der Waals surface area contributed by atoms with Crippen molar-refractivity contribution in [2.45, 2.75) is 51.7 Å². The standard InChI is InChI=1S/C16H21NO2S/c1-16(2)13(10-6-7-19-14(10)16)17-15(18)12-8-9-4-3-5-11(9)20-12/h8,10,13-14H,3-7H2,1-2H3,(H,17,18).